The Hall–Kier alpha value is -4.66. The number of benzene rings is 3. The number of nitrogens with zero attached hydrogens (tertiary/aromatic N) is 2. The molecule has 176 valence electrons. The Morgan fingerprint density at radius 2 is 1.54 bits per heavy atom. The molecule has 2 unspecified atom stereocenters. The Labute approximate surface area is 200 Å². The first-order valence-electron chi connectivity index (χ1n) is 10.8. The van der Waals surface area contributed by atoms with Crippen LogP contribution in [0.4, 0.5) is 11.4 Å². The van der Waals surface area contributed by atoms with Gasteiger partial charge in [-0.25, -0.2) is 4.79 Å². The average Bonchev–Trinajstić information content (AvgIpc) is 3.14. The van der Waals surface area contributed by atoms with Crippen molar-refractivity contribution in [3.8, 4) is 0 Å². The van der Waals surface area contributed by atoms with Gasteiger partial charge in [0.15, 0.2) is 5.78 Å². The van der Waals surface area contributed by atoms with Crippen LogP contribution >= 0.6 is 0 Å². The SMILES string of the molecule is CCOC(=O)c1ccc(N2C(=O)C(=O)C(C(=O)c3ccccc3)C2c2ccc([N+](=O)[O-])cc2)cc1. The normalized spacial score (nSPS) is 17.3. The van der Waals surface area contributed by atoms with Gasteiger partial charge in [0.05, 0.1) is 23.1 Å². The highest BCUT2D eigenvalue weighted by atomic mass is 16.6. The molecule has 35 heavy (non-hydrogen) atoms. The standard InChI is InChI=1S/C26H20N2O7/c1-2-35-26(32)18-10-12-19(13-11-18)27-22(16-8-14-20(15-9-16)28(33)34)21(24(30)25(27)31)23(29)17-6-4-3-5-7-17/h3-15,21-22H,2H2,1H3. The molecule has 0 N–H and O–H groups in total. The first kappa shape index (κ1) is 23.5. The molecule has 2 atom stereocenters. The number of hydrogen-bond acceptors (Lipinski definition) is 7. The molecular weight excluding hydrogens is 452 g/mol. The molecule has 1 amide bonds. The third-order valence-electron chi connectivity index (χ3n) is 5.75. The molecule has 0 saturated carbocycles. The molecule has 1 fully saturated rings. The zero-order valence-electron chi connectivity index (χ0n) is 18.6. The van der Waals surface area contributed by atoms with Crippen LogP contribution in [0.2, 0.25) is 0 Å². The molecule has 4 rings (SSSR count). The number of non-ortho nitro benzene ring substituents is 1. The summed E-state index contributed by atoms with van der Waals surface area (Å²) in [5.74, 6) is -4.18. The molecule has 0 spiro atoms. The van der Waals surface area contributed by atoms with Gasteiger partial charge < -0.3 is 4.74 Å². The van der Waals surface area contributed by atoms with Gasteiger partial charge in [0.2, 0.25) is 5.78 Å². The van der Waals surface area contributed by atoms with E-state index >= 15 is 0 Å². The molecule has 9 nitrogen and oxygen atoms in total. The van der Waals surface area contributed by atoms with Crippen molar-refractivity contribution in [1.29, 1.82) is 0 Å². The van der Waals surface area contributed by atoms with E-state index in [2.05, 4.69) is 0 Å². The maximum absolute atomic E-state index is 13.4. The number of esters is 1. The van der Waals surface area contributed by atoms with Crippen molar-refractivity contribution in [2.24, 2.45) is 5.92 Å². The van der Waals surface area contributed by atoms with Crippen LogP contribution in [0.25, 0.3) is 0 Å². The Bertz CT molecular complexity index is 1300. The number of nitro groups is 1. The van der Waals surface area contributed by atoms with E-state index in [9.17, 15) is 29.3 Å². The molecule has 0 bridgehead atoms. The second kappa shape index (κ2) is 9.68. The fourth-order valence-corrected chi connectivity index (χ4v) is 4.10. The molecule has 0 radical (unpaired) electrons. The predicted octanol–water partition coefficient (Wildman–Crippen LogP) is 3.93. The number of rotatable bonds is 7. The van der Waals surface area contributed by atoms with E-state index in [0.717, 1.165) is 0 Å². The summed E-state index contributed by atoms with van der Waals surface area (Å²) in [5.41, 5.74) is 1.05. The van der Waals surface area contributed by atoms with Crippen molar-refractivity contribution in [3.05, 3.63) is 106 Å². The van der Waals surface area contributed by atoms with Gasteiger partial charge in [-0.2, -0.15) is 0 Å². The van der Waals surface area contributed by atoms with E-state index in [1.165, 1.54) is 53.4 Å². The van der Waals surface area contributed by atoms with Crippen molar-refractivity contribution in [2.45, 2.75) is 13.0 Å². The highest BCUT2D eigenvalue weighted by Crippen LogP contribution is 2.41. The van der Waals surface area contributed by atoms with Crippen LogP contribution in [-0.2, 0) is 14.3 Å². The zero-order chi connectivity index (χ0) is 25.1. The van der Waals surface area contributed by atoms with Gasteiger partial charge in [-0.15, -0.1) is 0 Å². The lowest BCUT2D eigenvalue weighted by Crippen LogP contribution is -2.30. The molecule has 1 aliphatic heterocycles. The molecule has 1 aliphatic rings. The minimum absolute atomic E-state index is 0.166. The van der Waals surface area contributed by atoms with Gasteiger partial charge in [-0.05, 0) is 36.8 Å². The largest absolute Gasteiger partial charge is 0.462 e. The fourth-order valence-electron chi connectivity index (χ4n) is 4.10. The van der Waals surface area contributed by atoms with Crippen LogP contribution in [0.15, 0.2) is 78.9 Å². The Morgan fingerprint density at radius 3 is 2.11 bits per heavy atom. The van der Waals surface area contributed by atoms with E-state index in [1.54, 1.807) is 37.3 Å². The second-order valence-electron chi connectivity index (χ2n) is 7.81. The maximum Gasteiger partial charge on any atom is 0.338 e. The lowest BCUT2D eigenvalue weighted by atomic mass is 9.86. The van der Waals surface area contributed by atoms with Crippen molar-refractivity contribution in [2.75, 3.05) is 11.5 Å². The van der Waals surface area contributed by atoms with E-state index in [4.69, 9.17) is 4.74 Å². The van der Waals surface area contributed by atoms with Crippen molar-refractivity contribution >= 4 is 34.8 Å². The summed E-state index contributed by atoms with van der Waals surface area (Å²) in [6.07, 6.45) is 0. The number of carbonyl (C=O) groups excluding carboxylic acids is 4. The van der Waals surface area contributed by atoms with Crippen LogP contribution in [0.5, 0.6) is 0 Å². The van der Waals surface area contributed by atoms with Crippen LogP contribution in [0, 0.1) is 16.0 Å². The molecule has 9 heteroatoms. The number of hydrogen-bond donors (Lipinski definition) is 0. The van der Waals surface area contributed by atoms with E-state index in [1.807, 2.05) is 0 Å². The van der Waals surface area contributed by atoms with Crippen LogP contribution < -0.4 is 4.90 Å². The average molecular weight is 472 g/mol. The number of ketones is 2. The quantitative estimate of drug-likeness (QED) is 0.127. The third kappa shape index (κ3) is 4.43. The topological polar surface area (TPSA) is 124 Å². The second-order valence-corrected chi connectivity index (χ2v) is 7.81. The summed E-state index contributed by atoms with van der Waals surface area (Å²) in [6, 6.07) is 18.4. The van der Waals surface area contributed by atoms with Gasteiger partial charge in [-0.1, -0.05) is 42.5 Å². The Balaban J connectivity index is 1.80. The van der Waals surface area contributed by atoms with E-state index in [0.29, 0.717) is 11.3 Å². The first-order chi connectivity index (χ1) is 16.8. The molecule has 1 heterocycles. The fraction of sp³-hybridized carbons (Fsp3) is 0.154. The maximum atomic E-state index is 13.4. The number of nitro benzene ring substituents is 1. The number of anilines is 1. The number of Topliss-reactive ketones (excluding diaryl/α,β-unsaturated/α-hetero) is 2. The summed E-state index contributed by atoms with van der Waals surface area (Å²) < 4.78 is 4.98. The van der Waals surface area contributed by atoms with Gasteiger partial charge in [0.25, 0.3) is 11.6 Å². The lowest BCUT2D eigenvalue weighted by Gasteiger charge is -2.27. The Kier molecular flexibility index (Phi) is 6.50. The molecule has 0 aliphatic carbocycles. The predicted molar refractivity (Wildman–Crippen MR) is 125 cm³/mol. The first-order valence-corrected chi connectivity index (χ1v) is 10.8. The smallest absolute Gasteiger partial charge is 0.338 e. The minimum atomic E-state index is -1.35. The molecule has 0 aromatic heterocycles. The summed E-state index contributed by atoms with van der Waals surface area (Å²) in [4.78, 5) is 63.4. The summed E-state index contributed by atoms with van der Waals surface area (Å²) >= 11 is 0. The number of ether oxygens (including phenoxy) is 1. The monoisotopic (exact) mass is 472 g/mol. The lowest BCUT2D eigenvalue weighted by molar-refractivity contribution is -0.384. The highest BCUT2D eigenvalue weighted by Gasteiger charge is 2.52. The molecule has 3 aromatic rings. The van der Waals surface area contributed by atoms with Gasteiger partial charge in [0, 0.05) is 23.4 Å². The van der Waals surface area contributed by atoms with Gasteiger partial charge in [-0.3, -0.25) is 29.4 Å². The molecular formula is C26H20N2O7. The number of carbonyl (C=O) groups is 4. The van der Waals surface area contributed by atoms with E-state index < -0.39 is 40.3 Å². The minimum Gasteiger partial charge on any atom is -0.462 e. The van der Waals surface area contributed by atoms with Crippen LogP contribution in [0.1, 0.15) is 39.2 Å². The third-order valence-corrected chi connectivity index (χ3v) is 5.75. The van der Waals surface area contributed by atoms with Crippen LogP contribution in [0.3, 0.4) is 0 Å². The Morgan fingerprint density at radius 1 is 0.914 bits per heavy atom. The summed E-state index contributed by atoms with van der Waals surface area (Å²) in [7, 11) is 0. The van der Waals surface area contributed by atoms with Crippen molar-refractivity contribution in [3.63, 3.8) is 0 Å². The van der Waals surface area contributed by atoms with E-state index in [-0.39, 0.29) is 23.4 Å². The number of amides is 1. The van der Waals surface area contributed by atoms with Gasteiger partial charge >= 0.3 is 5.97 Å². The van der Waals surface area contributed by atoms with Gasteiger partial charge in [0.1, 0.15) is 5.92 Å². The summed E-state index contributed by atoms with van der Waals surface area (Å²) in [5, 5.41) is 11.1. The van der Waals surface area contributed by atoms with Crippen molar-refractivity contribution in [1.82, 2.24) is 0 Å². The summed E-state index contributed by atoms with van der Waals surface area (Å²) in [6.45, 7) is 1.88. The highest BCUT2D eigenvalue weighted by molar-refractivity contribution is 6.49. The van der Waals surface area contributed by atoms with Crippen LogP contribution in [-0.4, -0.2) is 35.0 Å². The zero-order valence-corrected chi connectivity index (χ0v) is 18.6. The van der Waals surface area contributed by atoms with Crippen molar-refractivity contribution < 1.29 is 28.8 Å². The molecule has 1 saturated heterocycles. The molecule has 3 aromatic carbocycles.